The lowest BCUT2D eigenvalue weighted by atomic mass is 10.1. The third-order valence-corrected chi connectivity index (χ3v) is 2.70. The number of carbonyl (C=O) groups is 2. The summed E-state index contributed by atoms with van der Waals surface area (Å²) in [6.45, 7) is 1.74. The van der Waals surface area contributed by atoms with Gasteiger partial charge in [-0.1, -0.05) is 12.2 Å². The Labute approximate surface area is 125 Å². The van der Waals surface area contributed by atoms with Gasteiger partial charge in [-0.3, -0.25) is 14.9 Å². The summed E-state index contributed by atoms with van der Waals surface area (Å²) in [5, 5.41) is 13.5. The Hall–Kier alpha value is -2.77. The van der Waals surface area contributed by atoms with Crippen LogP contribution in [0, 0.1) is 15.9 Å². The van der Waals surface area contributed by atoms with Crippen molar-refractivity contribution in [3.05, 3.63) is 45.3 Å². The van der Waals surface area contributed by atoms with Crippen molar-refractivity contribution in [1.29, 1.82) is 0 Å². The minimum atomic E-state index is -0.980. The molecule has 8 heteroatoms. The van der Waals surface area contributed by atoms with Crippen LogP contribution in [0.2, 0.25) is 0 Å². The average molecular weight is 310 g/mol. The standard InChI is InChI=1S/C14H15FN2O5/c1-9(18)16-6-4-3-5-10-7-13(17(20)21)11(8-12(10)15)14(19)22-2/h3,5,7-8H,4,6H2,1-2H3,(H,16,18). The highest BCUT2D eigenvalue weighted by Gasteiger charge is 2.23. The fourth-order valence-corrected chi connectivity index (χ4v) is 1.67. The fourth-order valence-electron chi connectivity index (χ4n) is 1.67. The first-order chi connectivity index (χ1) is 10.4. The van der Waals surface area contributed by atoms with Crippen molar-refractivity contribution >= 4 is 23.6 Å². The lowest BCUT2D eigenvalue weighted by Crippen LogP contribution is -2.20. The second-order valence-electron chi connectivity index (χ2n) is 4.31. The molecule has 1 rings (SSSR count). The van der Waals surface area contributed by atoms with Gasteiger partial charge in [-0.2, -0.15) is 0 Å². The molecule has 0 saturated carbocycles. The molecule has 1 aromatic carbocycles. The van der Waals surface area contributed by atoms with E-state index in [4.69, 9.17) is 0 Å². The molecule has 0 bridgehead atoms. The molecule has 0 unspecified atom stereocenters. The first-order valence-corrected chi connectivity index (χ1v) is 6.34. The van der Waals surface area contributed by atoms with E-state index >= 15 is 0 Å². The number of amides is 1. The zero-order chi connectivity index (χ0) is 16.7. The Morgan fingerprint density at radius 3 is 2.68 bits per heavy atom. The molecule has 1 amide bonds. The third-order valence-electron chi connectivity index (χ3n) is 2.70. The smallest absolute Gasteiger partial charge is 0.344 e. The summed E-state index contributed by atoms with van der Waals surface area (Å²) in [4.78, 5) is 32.3. The van der Waals surface area contributed by atoms with Crippen LogP contribution in [-0.2, 0) is 9.53 Å². The van der Waals surface area contributed by atoms with Crippen molar-refractivity contribution in [2.24, 2.45) is 0 Å². The van der Waals surface area contributed by atoms with Gasteiger partial charge in [-0.25, -0.2) is 9.18 Å². The van der Waals surface area contributed by atoms with E-state index in [-0.39, 0.29) is 11.5 Å². The third kappa shape index (κ3) is 4.65. The SMILES string of the molecule is COC(=O)c1cc(F)c(C=CCCNC(C)=O)cc1[N+](=O)[O-]. The van der Waals surface area contributed by atoms with Crippen molar-refractivity contribution in [2.45, 2.75) is 13.3 Å². The van der Waals surface area contributed by atoms with Crippen LogP contribution in [-0.4, -0.2) is 30.5 Å². The monoisotopic (exact) mass is 310 g/mol. The quantitative estimate of drug-likeness (QED) is 0.375. The molecule has 0 saturated heterocycles. The Morgan fingerprint density at radius 2 is 2.14 bits per heavy atom. The summed E-state index contributed by atoms with van der Waals surface area (Å²) in [5.41, 5.74) is -1.00. The van der Waals surface area contributed by atoms with E-state index in [2.05, 4.69) is 10.1 Å². The number of hydrogen-bond acceptors (Lipinski definition) is 5. The molecule has 0 aromatic heterocycles. The van der Waals surface area contributed by atoms with E-state index in [1.165, 1.54) is 13.0 Å². The van der Waals surface area contributed by atoms with E-state index < -0.39 is 28.0 Å². The first-order valence-electron chi connectivity index (χ1n) is 6.34. The Morgan fingerprint density at radius 1 is 1.45 bits per heavy atom. The second kappa shape index (κ2) is 7.87. The summed E-state index contributed by atoms with van der Waals surface area (Å²) >= 11 is 0. The second-order valence-corrected chi connectivity index (χ2v) is 4.31. The normalized spacial score (nSPS) is 10.5. The van der Waals surface area contributed by atoms with Gasteiger partial charge in [0.2, 0.25) is 5.91 Å². The molecule has 0 spiro atoms. The number of methoxy groups -OCH3 is 1. The van der Waals surface area contributed by atoms with Crippen LogP contribution < -0.4 is 5.32 Å². The van der Waals surface area contributed by atoms with Crippen molar-refractivity contribution in [2.75, 3.05) is 13.7 Å². The Balaban J connectivity index is 2.99. The summed E-state index contributed by atoms with van der Waals surface area (Å²) in [7, 11) is 1.06. The van der Waals surface area contributed by atoms with Crippen LogP contribution in [0.25, 0.3) is 6.08 Å². The van der Waals surface area contributed by atoms with Gasteiger partial charge in [0.05, 0.1) is 12.0 Å². The molecule has 118 valence electrons. The van der Waals surface area contributed by atoms with Crippen molar-refractivity contribution in [3.63, 3.8) is 0 Å². The maximum absolute atomic E-state index is 13.9. The number of esters is 1. The van der Waals surface area contributed by atoms with Gasteiger partial charge in [0.15, 0.2) is 0 Å². The molecular weight excluding hydrogens is 295 g/mol. The summed E-state index contributed by atoms with van der Waals surface area (Å²) in [5.74, 6) is -1.94. The summed E-state index contributed by atoms with van der Waals surface area (Å²) < 4.78 is 18.3. The number of nitro benzene ring substituents is 1. The fraction of sp³-hybridized carbons (Fsp3) is 0.286. The Bertz CT molecular complexity index is 628. The molecule has 1 aromatic rings. The largest absolute Gasteiger partial charge is 0.465 e. The summed E-state index contributed by atoms with van der Waals surface area (Å²) in [6, 6.07) is 1.74. The van der Waals surface area contributed by atoms with Gasteiger partial charge < -0.3 is 10.1 Å². The molecule has 1 N–H and O–H groups in total. The van der Waals surface area contributed by atoms with E-state index in [9.17, 15) is 24.1 Å². The zero-order valence-corrected chi connectivity index (χ0v) is 12.1. The van der Waals surface area contributed by atoms with E-state index in [0.29, 0.717) is 13.0 Å². The average Bonchev–Trinajstić information content (AvgIpc) is 2.46. The van der Waals surface area contributed by atoms with Gasteiger partial charge in [-0.05, 0) is 12.5 Å². The number of nitro groups is 1. The molecule has 7 nitrogen and oxygen atoms in total. The van der Waals surface area contributed by atoms with Crippen LogP contribution in [0.15, 0.2) is 18.2 Å². The van der Waals surface area contributed by atoms with E-state index in [0.717, 1.165) is 19.2 Å². The van der Waals surface area contributed by atoms with Crippen LogP contribution in [0.4, 0.5) is 10.1 Å². The highest BCUT2D eigenvalue weighted by atomic mass is 19.1. The zero-order valence-electron chi connectivity index (χ0n) is 12.1. The van der Waals surface area contributed by atoms with Crippen LogP contribution in [0.1, 0.15) is 29.3 Å². The minimum Gasteiger partial charge on any atom is -0.465 e. The number of nitrogens with zero attached hydrogens (tertiary/aromatic N) is 1. The molecule has 0 heterocycles. The molecule has 0 aliphatic rings. The van der Waals surface area contributed by atoms with Gasteiger partial charge in [-0.15, -0.1) is 0 Å². The number of carbonyl (C=O) groups excluding carboxylic acids is 2. The topological polar surface area (TPSA) is 98.5 Å². The van der Waals surface area contributed by atoms with Gasteiger partial charge in [0.1, 0.15) is 11.4 Å². The number of benzene rings is 1. The molecule has 22 heavy (non-hydrogen) atoms. The number of ether oxygens (including phenoxy) is 1. The predicted molar refractivity (Wildman–Crippen MR) is 76.7 cm³/mol. The summed E-state index contributed by atoms with van der Waals surface area (Å²) in [6.07, 6.45) is 3.35. The van der Waals surface area contributed by atoms with E-state index in [1.807, 2.05) is 0 Å². The maximum atomic E-state index is 13.9. The highest BCUT2D eigenvalue weighted by Crippen LogP contribution is 2.24. The first kappa shape index (κ1) is 17.3. The maximum Gasteiger partial charge on any atom is 0.344 e. The number of halogens is 1. The molecular formula is C14H15FN2O5. The van der Waals surface area contributed by atoms with Gasteiger partial charge in [0, 0.05) is 25.1 Å². The van der Waals surface area contributed by atoms with Gasteiger partial charge >= 0.3 is 5.97 Å². The van der Waals surface area contributed by atoms with Crippen molar-refractivity contribution in [1.82, 2.24) is 5.32 Å². The van der Waals surface area contributed by atoms with Gasteiger partial charge in [0.25, 0.3) is 5.69 Å². The molecule has 0 radical (unpaired) electrons. The molecule has 0 aliphatic carbocycles. The predicted octanol–water partition coefficient (Wildman–Crippen LogP) is 2.06. The number of rotatable bonds is 6. The number of nitrogens with one attached hydrogen (secondary N) is 1. The number of hydrogen-bond donors (Lipinski definition) is 1. The van der Waals surface area contributed by atoms with Crippen molar-refractivity contribution < 1.29 is 23.6 Å². The molecule has 0 aliphatic heterocycles. The van der Waals surface area contributed by atoms with Crippen LogP contribution in [0.5, 0.6) is 0 Å². The van der Waals surface area contributed by atoms with Crippen LogP contribution >= 0.6 is 0 Å². The lowest BCUT2D eigenvalue weighted by Gasteiger charge is -2.04. The van der Waals surface area contributed by atoms with Crippen LogP contribution in [0.3, 0.4) is 0 Å². The molecule has 0 fully saturated rings. The highest BCUT2D eigenvalue weighted by molar-refractivity contribution is 5.94. The minimum absolute atomic E-state index is 0.0258. The lowest BCUT2D eigenvalue weighted by molar-refractivity contribution is -0.385. The van der Waals surface area contributed by atoms with E-state index in [1.54, 1.807) is 6.08 Å². The molecule has 0 atom stereocenters. The van der Waals surface area contributed by atoms with Crippen molar-refractivity contribution in [3.8, 4) is 0 Å². The Kier molecular flexibility index (Phi) is 6.18.